The minimum atomic E-state index is -0.729. The highest BCUT2D eigenvalue weighted by molar-refractivity contribution is 7.99. The molecule has 1 aromatic carbocycles. The van der Waals surface area contributed by atoms with Gasteiger partial charge in [0.15, 0.2) is 0 Å². The van der Waals surface area contributed by atoms with Crippen LogP contribution in [0.5, 0.6) is 0 Å². The van der Waals surface area contributed by atoms with Crippen molar-refractivity contribution < 1.29 is 9.53 Å². The summed E-state index contributed by atoms with van der Waals surface area (Å²) in [7, 11) is 0. The zero-order valence-corrected chi connectivity index (χ0v) is 18.4. The Morgan fingerprint density at radius 3 is 2.72 bits per heavy atom. The molecule has 7 nitrogen and oxygen atoms in total. The van der Waals surface area contributed by atoms with Crippen LogP contribution in [0.4, 0.5) is 10.6 Å². The molecular weight excluding hydrogens is 430 g/mol. The zero-order valence-electron chi connectivity index (χ0n) is 16.0. The molecule has 10 heteroatoms. The number of nitrogens with zero attached hydrogens (tertiary/aromatic N) is 4. The van der Waals surface area contributed by atoms with Crippen molar-refractivity contribution in [2.45, 2.75) is 42.2 Å². The average molecular weight is 450 g/mol. The van der Waals surface area contributed by atoms with Gasteiger partial charge in [-0.1, -0.05) is 23.4 Å². The van der Waals surface area contributed by atoms with Crippen molar-refractivity contribution >= 4 is 56.8 Å². The first kappa shape index (κ1) is 20.2. The number of anilines is 1. The van der Waals surface area contributed by atoms with E-state index in [-0.39, 0.29) is 0 Å². The SMILES string of the molecule is Cc1nc2ccc(Sc3cnc(N4CCC(C)(OC(N)=O)CC4)cn3)c(Cl)c2s1. The van der Waals surface area contributed by atoms with Gasteiger partial charge in [0.05, 0.1) is 32.6 Å². The number of rotatable bonds is 4. The highest BCUT2D eigenvalue weighted by atomic mass is 35.5. The standard InChI is InChI=1S/C19H20ClN5O2S2/c1-11-24-12-3-4-13(16(20)17(12)28-11)29-15-10-22-14(9-23-15)25-7-5-19(2,6-8-25)27-18(21)26/h3-4,9-10H,5-8H2,1-2H3,(H2,21,26). The second-order valence-corrected chi connectivity index (χ2v) is 9.78. The summed E-state index contributed by atoms with van der Waals surface area (Å²) in [5, 5.41) is 2.47. The summed E-state index contributed by atoms with van der Waals surface area (Å²) in [6, 6.07) is 3.95. The third-order valence-electron chi connectivity index (χ3n) is 4.89. The molecule has 3 aromatic rings. The van der Waals surface area contributed by atoms with Crippen molar-refractivity contribution in [3.63, 3.8) is 0 Å². The van der Waals surface area contributed by atoms with Crippen molar-refractivity contribution in [3.8, 4) is 0 Å². The zero-order chi connectivity index (χ0) is 20.6. The molecule has 0 aliphatic carbocycles. The molecule has 0 spiro atoms. The Morgan fingerprint density at radius 2 is 2.07 bits per heavy atom. The van der Waals surface area contributed by atoms with Gasteiger partial charge in [0, 0.05) is 30.8 Å². The quantitative estimate of drug-likeness (QED) is 0.619. The van der Waals surface area contributed by atoms with Gasteiger partial charge in [-0.25, -0.2) is 19.7 Å². The number of carbonyl (C=O) groups excluding carboxylic acids is 1. The van der Waals surface area contributed by atoms with Gasteiger partial charge in [-0.15, -0.1) is 11.3 Å². The Hall–Kier alpha value is -2.10. The van der Waals surface area contributed by atoms with E-state index in [1.54, 1.807) is 23.7 Å². The number of primary amides is 1. The van der Waals surface area contributed by atoms with Gasteiger partial charge in [0.1, 0.15) is 16.4 Å². The van der Waals surface area contributed by atoms with Crippen molar-refractivity contribution in [2.75, 3.05) is 18.0 Å². The lowest BCUT2D eigenvalue weighted by molar-refractivity contribution is 0.0126. The number of benzene rings is 1. The highest BCUT2D eigenvalue weighted by Gasteiger charge is 2.33. The van der Waals surface area contributed by atoms with Gasteiger partial charge in [0.2, 0.25) is 0 Å². The van der Waals surface area contributed by atoms with E-state index in [2.05, 4.69) is 19.9 Å². The second kappa shape index (κ2) is 7.97. The van der Waals surface area contributed by atoms with Crippen molar-refractivity contribution in [3.05, 3.63) is 34.6 Å². The lowest BCUT2D eigenvalue weighted by atomic mass is 9.93. The highest BCUT2D eigenvalue weighted by Crippen LogP contribution is 2.39. The van der Waals surface area contributed by atoms with E-state index in [1.807, 2.05) is 26.0 Å². The van der Waals surface area contributed by atoms with E-state index in [0.29, 0.717) is 17.9 Å². The van der Waals surface area contributed by atoms with Crippen LogP contribution in [0.2, 0.25) is 5.02 Å². The molecule has 2 aromatic heterocycles. The molecule has 0 bridgehead atoms. The Kier molecular flexibility index (Phi) is 5.54. The predicted octanol–water partition coefficient (Wildman–Crippen LogP) is 4.65. The van der Waals surface area contributed by atoms with Crippen LogP contribution in [0.1, 0.15) is 24.8 Å². The first-order valence-corrected chi connectivity index (χ1v) is 11.1. The van der Waals surface area contributed by atoms with Crippen LogP contribution < -0.4 is 10.6 Å². The van der Waals surface area contributed by atoms with Crippen LogP contribution in [0.15, 0.2) is 34.4 Å². The third kappa shape index (κ3) is 4.41. The molecule has 3 heterocycles. The molecule has 0 atom stereocenters. The Morgan fingerprint density at radius 1 is 1.31 bits per heavy atom. The smallest absolute Gasteiger partial charge is 0.405 e. The summed E-state index contributed by atoms with van der Waals surface area (Å²) in [6.07, 6.45) is 4.18. The van der Waals surface area contributed by atoms with Gasteiger partial charge in [-0.05, 0) is 26.0 Å². The van der Waals surface area contributed by atoms with Crippen LogP contribution in [0.25, 0.3) is 10.2 Å². The van der Waals surface area contributed by atoms with E-state index >= 15 is 0 Å². The summed E-state index contributed by atoms with van der Waals surface area (Å²) in [5.41, 5.74) is 5.56. The maximum atomic E-state index is 11.1. The molecule has 0 radical (unpaired) electrons. The number of hydrogen-bond donors (Lipinski definition) is 1. The fraction of sp³-hybridized carbons (Fsp3) is 0.368. The third-order valence-corrected chi connectivity index (χ3v) is 7.49. The molecule has 0 unspecified atom stereocenters. The second-order valence-electron chi connectivity index (χ2n) is 7.13. The van der Waals surface area contributed by atoms with Crippen LogP contribution in [-0.4, -0.2) is 39.7 Å². The first-order chi connectivity index (χ1) is 13.8. The normalized spacial score (nSPS) is 16.2. The van der Waals surface area contributed by atoms with E-state index in [9.17, 15) is 4.79 Å². The van der Waals surface area contributed by atoms with Crippen LogP contribution >= 0.6 is 34.7 Å². The maximum absolute atomic E-state index is 11.1. The Labute approximate surface area is 181 Å². The van der Waals surface area contributed by atoms with Gasteiger partial charge in [-0.3, -0.25) is 0 Å². The molecule has 1 amide bonds. The number of fused-ring (bicyclic) bond motifs is 1. The molecule has 1 saturated heterocycles. The molecule has 2 N–H and O–H groups in total. The first-order valence-electron chi connectivity index (χ1n) is 9.12. The van der Waals surface area contributed by atoms with Crippen molar-refractivity contribution in [1.82, 2.24) is 15.0 Å². The fourth-order valence-corrected chi connectivity index (χ4v) is 5.40. The van der Waals surface area contributed by atoms with Gasteiger partial charge < -0.3 is 15.4 Å². The largest absolute Gasteiger partial charge is 0.443 e. The number of hydrogen-bond acceptors (Lipinski definition) is 8. The van der Waals surface area contributed by atoms with E-state index < -0.39 is 11.7 Å². The topological polar surface area (TPSA) is 94.2 Å². The summed E-state index contributed by atoms with van der Waals surface area (Å²) in [4.78, 5) is 27.7. The number of halogens is 1. The number of ether oxygens (including phenoxy) is 1. The Bertz CT molecular complexity index is 1050. The van der Waals surface area contributed by atoms with Crippen molar-refractivity contribution in [1.29, 1.82) is 0 Å². The van der Waals surface area contributed by atoms with E-state index in [1.165, 1.54) is 11.8 Å². The van der Waals surface area contributed by atoms with Gasteiger partial charge >= 0.3 is 6.09 Å². The van der Waals surface area contributed by atoms with Crippen LogP contribution in [0.3, 0.4) is 0 Å². The Balaban J connectivity index is 1.44. The monoisotopic (exact) mass is 449 g/mol. The van der Waals surface area contributed by atoms with Crippen molar-refractivity contribution in [2.24, 2.45) is 5.73 Å². The number of nitrogens with two attached hydrogens (primary N) is 1. The molecule has 1 aliphatic heterocycles. The molecule has 1 fully saturated rings. The number of aromatic nitrogens is 3. The summed E-state index contributed by atoms with van der Waals surface area (Å²) < 4.78 is 6.24. The summed E-state index contributed by atoms with van der Waals surface area (Å²) in [6.45, 7) is 5.32. The number of aryl methyl sites for hydroxylation is 1. The summed E-state index contributed by atoms with van der Waals surface area (Å²) >= 11 is 9.64. The molecular formula is C19H20ClN5O2S2. The molecule has 29 heavy (non-hydrogen) atoms. The average Bonchev–Trinajstić information content (AvgIpc) is 3.06. The van der Waals surface area contributed by atoms with Gasteiger partial charge in [0.25, 0.3) is 0 Å². The predicted molar refractivity (Wildman–Crippen MR) is 116 cm³/mol. The molecule has 152 valence electrons. The lowest BCUT2D eigenvalue weighted by Crippen LogP contribution is -2.46. The number of carbonyl (C=O) groups is 1. The maximum Gasteiger partial charge on any atom is 0.405 e. The lowest BCUT2D eigenvalue weighted by Gasteiger charge is -2.38. The fourth-order valence-electron chi connectivity index (χ4n) is 3.32. The summed E-state index contributed by atoms with van der Waals surface area (Å²) in [5.74, 6) is 0.801. The van der Waals surface area contributed by atoms with Crippen LogP contribution in [0, 0.1) is 6.92 Å². The number of piperidine rings is 1. The molecule has 1 aliphatic rings. The minimum absolute atomic E-state index is 0.518. The minimum Gasteiger partial charge on any atom is -0.443 e. The van der Waals surface area contributed by atoms with Gasteiger partial charge in [-0.2, -0.15) is 0 Å². The van der Waals surface area contributed by atoms with Crippen LogP contribution in [-0.2, 0) is 4.74 Å². The van der Waals surface area contributed by atoms with E-state index in [0.717, 1.165) is 44.1 Å². The number of amides is 1. The molecule has 4 rings (SSSR count). The number of thiazole rings is 1. The molecule has 0 saturated carbocycles. The van der Waals surface area contributed by atoms with E-state index in [4.69, 9.17) is 22.1 Å².